The molecule has 0 saturated carbocycles. The minimum Gasteiger partial charge on any atom is -0.446 e. The molecule has 2 amide bonds. The zero-order valence-electron chi connectivity index (χ0n) is 19.9. The molecule has 0 fully saturated rings. The van der Waals surface area contributed by atoms with E-state index in [1.165, 1.54) is 6.92 Å². The van der Waals surface area contributed by atoms with Crippen molar-refractivity contribution in [1.82, 2.24) is 5.32 Å². The SMILES string of the molecule is CC(=O)c1cccc(NC(=O)[C@H](OC(=O)[C@@H](NC(=O)c2ccccc2)C(C)C)c2ccccc2)c1. The summed E-state index contributed by atoms with van der Waals surface area (Å²) in [6.07, 6.45) is -1.26. The van der Waals surface area contributed by atoms with Crippen molar-refractivity contribution in [3.63, 3.8) is 0 Å². The number of carbonyl (C=O) groups is 4. The van der Waals surface area contributed by atoms with Crippen LogP contribution in [-0.2, 0) is 14.3 Å². The van der Waals surface area contributed by atoms with Gasteiger partial charge in [-0.3, -0.25) is 14.4 Å². The molecule has 3 rings (SSSR count). The summed E-state index contributed by atoms with van der Waals surface area (Å²) in [4.78, 5) is 50.7. The Hall–Kier alpha value is -4.26. The number of benzene rings is 3. The van der Waals surface area contributed by atoms with Gasteiger partial charge in [-0.25, -0.2) is 4.79 Å². The van der Waals surface area contributed by atoms with Crippen LogP contribution in [0.1, 0.15) is 53.2 Å². The number of rotatable bonds is 9. The van der Waals surface area contributed by atoms with E-state index in [1.54, 1.807) is 98.8 Å². The molecule has 7 heteroatoms. The lowest BCUT2D eigenvalue weighted by molar-refractivity contribution is -0.157. The first-order valence-electron chi connectivity index (χ1n) is 11.3. The summed E-state index contributed by atoms with van der Waals surface area (Å²) in [5.74, 6) is -2.15. The van der Waals surface area contributed by atoms with Crippen molar-refractivity contribution < 1.29 is 23.9 Å². The second-order valence-electron chi connectivity index (χ2n) is 8.42. The van der Waals surface area contributed by atoms with Crippen molar-refractivity contribution in [1.29, 1.82) is 0 Å². The second-order valence-corrected chi connectivity index (χ2v) is 8.42. The van der Waals surface area contributed by atoms with Crippen molar-refractivity contribution in [2.75, 3.05) is 5.32 Å². The first kappa shape index (κ1) is 25.4. The molecule has 180 valence electrons. The highest BCUT2D eigenvalue weighted by Crippen LogP contribution is 2.22. The molecular weight excluding hydrogens is 444 g/mol. The average molecular weight is 473 g/mol. The Kier molecular flexibility index (Phi) is 8.51. The number of nitrogens with one attached hydrogen (secondary N) is 2. The van der Waals surface area contributed by atoms with Gasteiger partial charge in [0.25, 0.3) is 11.8 Å². The molecule has 3 aromatic rings. The first-order valence-corrected chi connectivity index (χ1v) is 11.3. The van der Waals surface area contributed by atoms with Crippen molar-refractivity contribution in [2.24, 2.45) is 5.92 Å². The van der Waals surface area contributed by atoms with Crippen LogP contribution in [0.2, 0.25) is 0 Å². The summed E-state index contributed by atoms with van der Waals surface area (Å²) >= 11 is 0. The Bertz CT molecular complexity index is 1190. The second kappa shape index (κ2) is 11.7. The maximum absolute atomic E-state index is 13.2. The maximum Gasteiger partial charge on any atom is 0.330 e. The number of esters is 1. The van der Waals surface area contributed by atoms with Gasteiger partial charge in [0.05, 0.1) is 0 Å². The Morgan fingerprint density at radius 3 is 1.97 bits per heavy atom. The van der Waals surface area contributed by atoms with Crippen molar-refractivity contribution >= 4 is 29.3 Å². The summed E-state index contributed by atoms with van der Waals surface area (Å²) in [7, 11) is 0. The summed E-state index contributed by atoms with van der Waals surface area (Å²) in [6, 6.07) is 22.7. The molecule has 35 heavy (non-hydrogen) atoms. The highest BCUT2D eigenvalue weighted by Gasteiger charge is 2.32. The Labute approximate surface area is 204 Å². The minimum atomic E-state index is -1.26. The van der Waals surface area contributed by atoms with Crippen LogP contribution in [0.4, 0.5) is 5.69 Å². The van der Waals surface area contributed by atoms with Crippen LogP contribution >= 0.6 is 0 Å². The smallest absolute Gasteiger partial charge is 0.330 e. The first-order chi connectivity index (χ1) is 16.8. The monoisotopic (exact) mass is 472 g/mol. The van der Waals surface area contributed by atoms with Crippen LogP contribution in [0.25, 0.3) is 0 Å². The number of hydrogen-bond donors (Lipinski definition) is 2. The largest absolute Gasteiger partial charge is 0.446 e. The van der Waals surface area contributed by atoms with Gasteiger partial charge in [-0.05, 0) is 37.1 Å². The van der Waals surface area contributed by atoms with Gasteiger partial charge in [-0.2, -0.15) is 0 Å². The molecule has 0 aromatic heterocycles. The van der Waals surface area contributed by atoms with Crippen LogP contribution in [-0.4, -0.2) is 29.6 Å². The lowest BCUT2D eigenvalue weighted by atomic mass is 10.0. The van der Waals surface area contributed by atoms with Gasteiger partial charge in [0.2, 0.25) is 6.10 Å². The molecule has 0 radical (unpaired) electrons. The van der Waals surface area contributed by atoms with E-state index in [0.717, 1.165) is 0 Å². The Balaban J connectivity index is 1.82. The summed E-state index contributed by atoms with van der Waals surface area (Å²) in [6.45, 7) is 5.00. The minimum absolute atomic E-state index is 0.138. The van der Waals surface area contributed by atoms with E-state index in [0.29, 0.717) is 22.4 Å². The van der Waals surface area contributed by atoms with Crippen LogP contribution in [0.5, 0.6) is 0 Å². The van der Waals surface area contributed by atoms with Crippen molar-refractivity contribution in [3.8, 4) is 0 Å². The van der Waals surface area contributed by atoms with Crippen LogP contribution in [0.3, 0.4) is 0 Å². The quantitative estimate of drug-likeness (QED) is 0.351. The average Bonchev–Trinajstić information content (AvgIpc) is 2.86. The predicted octanol–water partition coefficient (Wildman–Crippen LogP) is 4.57. The molecule has 0 spiro atoms. The highest BCUT2D eigenvalue weighted by molar-refractivity contribution is 6.00. The van der Waals surface area contributed by atoms with E-state index in [-0.39, 0.29) is 11.7 Å². The fraction of sp³-hybridized carbons (Fsp3) is 0.214. The molecule has 0 aliphatic rings. The maximum atomic E-state index is 13.2. The number of ether oxygens (including phenoxy) is 1. The van der Waals surface area contributed by atoms with E-state index >= 15 is 0 Å². The summed E-state index contributed by atoms with van der Waals surface area (Å²) in [5.41, 5.74) is 1.73. The van der Waals surface area contributed by atoms with Gasteiger partial charge in [0.15, 0.2) is 5.78 Å². The standard InChI is InChI=1S/C28H28N2O5/c1-18(2)24(30-26(32)21-13-8-5-9-14-21)28(34)35-25(20-11-6-4-7-12-20)27(33)29-23-16-10-15-22(17-23)19(3)31/h4-18,24-25H,1-3H3,(H,29,33)(H,30,32)/t24-,25+/m0/s1. The third-order valence-electron chi connectivity index (χ3n) is 5.35. The van der Waals surface area contributed by atoms with E-state index in [9.17, 15) is 19.2 Å². The number of anilines is 1. The number of carbonyl (C=O) groups excluding carboxylic acids is 4. The zero-order valence-corrected chi connectivity index (χ0v) is 19.9. The van der Waals surface area contributed by atoms with Gasteiger partial charge in [0.1, 0.15) is 6.04 Å². The molecule has 0 bridgehead atoms. The van der Waals surface area contributed by atoms with Gasteiger partial charge in [-0.1, -0.05) is 74.5 Å². The van der Waals surface area contributed by atoms with Crippen LogP contribution in [0.15, 0.2) is 84.9 Å². The lowest BCUT2D eigenvalue weighted by Crippen LogP contribution is -2.46. The molecule has 0 unspecified atom stereocenters. The number of amides is 2. The van der Waals surface area contributed by atoms with Gasteiger partial charge in [0, 0.05) is 22.4 Å². The Morgan fingerprint density at radius 1 is 0.771 bits per heavy atom. The Morgan fingerprint density at radius 2 is 1.37 bits per heavy atom. The molecule has 3 aromatic carbocycles. The van der Waals surface area contributed by atoms with Gasteiger partial charge < -0.3 is 15.4 Å². The molecule has 0 saturated heterocycles. The summed E-state index contributed by atoms with van der Waals surface area (Å²) in [5, 5.41) is 5.44. The van der Waals surface area contributed by atoms with E-state index in [2.05, 4.69) is 10.6 Å². The lowest BCUT2D eigenvalue weighted by Gasteiger charge is -2.24. The van der Waals surface area contributed by atoms with Crippen molar-refractivity contribution in [2.45, 2.75) is 32.9 Å². The number of ketones is 1. The molecule has 0 aliphatic carbocycles. The fourth-order valence-corrected chi connectivity index (χ4v) is 3.43. The third-order valence-corrected chi connectivity index (χ3v) is 5.35. The van der Waals surface area contributed by atoms with Crippen LogP contribution in [0, 0.1) is 5.92 Å². The molecule has 2 N–H and O–H groups in total. The van der Waals surface area contributed by atoms with E-state index < -0.39 is 29.9 Å². The third kappa shape index (κ3) is 6.86. The van der Waals surface area contributed by atoms with Gasteiger partial charge >= 0.3 is 5.97 Å². The topological polar surface area (TPSA) is 102 Å². The molecule has 0 heterocycles. The van der Waals surface area contributed by atoms with E-state index in [4.69, 9.17) is 4.74 Å². The summed E-state index contributed by atoms with van der Waals surface area (Å²) < 4.78 is 5.68. The van der Waals surface area contributed by atoms with Crippen LogP contribution < -0.4 is 10.6 Å². The highest BCUT2D eigenvalue weighted by atomic mass is 16.5. The molecule has 2 atom stereocenters. The normalized spacial score (nSPS) is 12.3. The molecule has 0 aliphatic heterocycles. The number of Topliss-reactive ketones (excluding diaryl/α,β-unsaturated/α-hetero) is 1. The number of hydrogen-bond acceptors (Lipinski definition) is 5. The van der Waals surface area contributed by atoms with Crippen molar-refractivity contribution in [3.05, 3.63) is 102 Å². The molecular formula is C28H28N2O5. The van der Waals surface area contributed by atoms with E-state index in [1.807, 2.05) is 0 Å². The predicted molar refractivity (Wildman–Crippen MR) is 133 cm³/mol. The molecule has 7 nitrogen and oxygen atoms in total. The fourth-order valence-electron chi connectivity index (χ4n) is 3.43. The zero-order chi connectivity index (χ0) is 25.4. The van der Waals surface area contributed by atoms with Gasteiger partial charge in [-0.15, -0.1) is 0 Å².